The van der Waals surface area contributed by atoms with Gasteiger partial charge in [0.15, 0.2) is 13.1 Å². The molecule has 0 saturated carbocycles. The Morgan fingerprint density at radius 3 is 3.08 bits per heavy atom. The van der Waals surface area contributed by atoms with Gasteiger partial charge < -0.3 is 19.3 Å². The second-order valence-electron chi connectivity index (χ2n) is 2.87. The van der Waals surface area contributed by atoms with Gasteiger partial charge in [-0.15, -0.1) is 0 Å². The van der Waals surface area contributed by atoms with Crippen molar-refractivity contribution in [1.82, 2.24) is 0 Å². The first kappa shape index (κ1) is 10.4. The summed E-state index contributed by atoms with van der Waals surface area (Å²) in [5.74, 6) is -0.371. The minimum atomic E-state index is -0.565. The van der Waals surface area contributed by atoms with Gasteiger partial charge in [-0.25, -0.2) is 0 Å². The van der Waals surface area contributed by atoms with Crippen LogP contribution in [0.25, 0.3) is 0 Å². The monoisotopic (exact) mass is 190 g/mol. The van der Waals surface area contributed by atoms with Gasteiger partial charge in [-0.05, 0) is 6.42 Å². The van der Waals surface area contributed by atoms with E-state index in [0.29, 0.717) is 6.61 Å². The van der Waals surface area contributed by atoms with E-state index in [4.69, 9.17) is 14.6 Å². The fourth-order valence-electron chi connectivity index (χ4n) is 1.41. The SMILES string of the molecule is COC1OCCC1CC(=O)OCO. The lowest BCUT2D eigenvalue weighted by Crippen LogP contribution is -2.22. The number of rotatable bonds is 4. The molecule has 2 atom stereocenters. The van der Waals surface area contributed by atoms with Crippen molar-refractivity contribution < 1.29 is 24.1 Å². The minimum absolute atomic E-state index is 0.0454. The predicted octanol–water partition coefficient (Wildman–Crippen LogP) is -0.121. The van der Waals surface area contributed by atoms with Crippen molar-refractivity contribution in [2.75, 3.05) is 20.5 Å². The third kappa shape index (κ3) is 2.95. The molecule has 1 saturated heterocycles. The topological polar surface area (TPSA) is 65.0 Å². The molecular formula is C8H14O5. The average Bonchev–Trinajstić information content (AvgIpc) is 2.52. The first-order chi connectivity index (χ1) is 6.27. The maximum Gasteiger partial charge on any atom is 0.308 e. The highest BCUT2D eigenvalue weighted by Crippen LogP contribution is 2.24. The van der Waals surface area contributed by atoms with E-state index in [1.807, 2.05) is 0 Å². The molecule has 1 fully saturated rings. The van der Waals surface area contributed by atoms with Crippen LogP contribution in [0.15, 0.2) is 0 Å². The lowest BCUT2D eigenvalue weighted by atomic mass is 10.0. The summed E-state index contributed by atoms with van der Waals surface area (Å²) >= 11 is 0. The number of carbonyl (C=O) groups is 1. The molecule has 1 aliphatic rings. The summed E-state index contributed by atoms with van der Waals surface area (Å²) in [5.41, 5.74) is 0. The molecule has 5 heteroatoms. The number of esters is 1. The van der Waals surface area contributed by atoms with E-state index in [9.17, 15) is 4.79 Å². The summed E-state index contributed by atoms with van der Waals surface area (Å²) in [7, 11) is 1.54. The first-order valence-corrected chi connectivity index (χ1v) is 4.18. The van der Waals surface area contributed by atoms with Crippen LogP contribution in [0.4, 0.5) is 0 Å². The molecule has 13 heavy (non-hydrogen) atoms. The molecule has 0 aliphatic carbocycles. The molecule has 2 unspecified atom stereocenters. The molecule has 1 rings (SSSR count). The number of aliphatic hydroxyl groups is 1. The summed E-state index contributed by atoms with van der Waals surface area (Å²) in [6, 6.07) is 0. The third-order valence-corrected chi connectivity index (χ3v) is 2.04. The normalized spacial score (nSPS) is 27.5. The molecule has 76 valence electrons. The van der Waals surface area contributed by atoms with Crippen molar-refractivity contribution in [3.05, 3.63) is 0 Å². The van der Waals surface area contributed by atoms with Crippen LogP contribution in [0.1, 0.15) is 12.8 Å². The van der Waals surface area contributed by atoms with Crippen molar-refractivity contribution in [1.29, 1.82) is 0 Å². The van der Waals surface area contributed by atoms with Crippen molar-refractivity contribution in [2.24, 2.45) is 5.92 Å². The summed E-state index contributed by atoms with van der Waals surface area (Å²) in [5, 5.41) is 8.33. The fourth-order valence-corrected chi connectivity index (χ4v) is 1.41. The zero-order valence-corrected chi connectivity index (χ0v) is 7.56. The number of carbonyl (C=O) groups excluding carboxylic acids is 1. The second kappa shape index (κ2) is 5.16. The number of aliphatic hydroxyl groups excluding tert-OH is 1. The Labute approximate surface area is 76.6 Å². The van der Waals surface area contributed by atoms with Gasteiger partial charge in [-0.2, -0.15) is 0 Å². The molecule has 1 aliphatic heterocycles. The Kier molecular flexibility index (Phi) is 4.14. The Morgan fingerprint density at radius 1 is 1.69 bits per heavy atom. The number of hydrogen-bond donors (Lipinski definition) is 1. The van der Waals surface area contributed by atoms with Crippen LogP contribution in [-0.4, -0.2) is 37.9 Å². The van der Waals surface area contributed by atoms with Gasteiger partial charge in [0.1, 0.15) is 0 Å². The Hall–Kier alpha value is -0.650. The maximum absolute atomic E-state index is 11.0. The lowest BCUT2D eigenvalue weighted by molar-refractivity contribution is -0.158. The van der Waals surface area contributed by atoms with Crippen LogP contribution in [0.2, 0.25) is 0 Å². The van der Waals surface area contributed by atoms with E-state index in [1.165, 1.54) is 0 Å². The number of hydrogen-bond acceptors (Lipinski definition) is 5. The lowest BCUT2D eigenvalue weighted by Gasteiger charge is -2.15. The molecule has 5 nitrogen and oxygen atoms in total. The molecule has 0 spiro atoms. The third-order valence-electron chi connectivity index (χ3n) is 2.04. The van der Waals surface area contributed by atoms with Gasteiger partial charge in [0, 0.05) is 13.0 Å². The molecule has 1 N–H and O–H groups in total. The molecule has 0 amide bonds. The van der Waals surface area contributed by atoms with E-state index in [0.717, 1.165) is 6.42 Å². The highest BCUT2D eigenvalue weighted by Gasteiger charge is 2.30. The van der Waals surface area contributed by atoms with Crippen LogP contribution in [0.5, 0.6) is 0 Å². The quantitative estimate of drug-likeness (QED) is 0.494. The minimum Gasteiger partial charge on any atom is -0.439 e. The van der Waals surface area contributed by atoms with Crippen LogP contribution < -0.4 is 0 Å². The van der Waals surface area contributed by atoms with E-state index in [-0.39, 0.29) is 18.6 Å². The second-order valence-corrected chi connectivity index (χ2v) is 2.87. The number of ether oxygens (including phenoxy) is 3. The zero-order valence-electron chi connectivity index (χ0n) is 7.56. The predicted molar refractivity (Wildman–Crippen MR) is 42.7 cm³/mol. The first-order valence-electron chi connectivity index (χ1n) is 4.18. The molecule has 0 aromatic carbocycles. The summed E-state index contributed by atoms with van der Waals surface area (Å²) in [6.07, 6.45) is 0.712. The van der Waals surface area contributed by atoms with Gasteiger partial charge in [-0.1, -0.05) is 0 Å². The van der Waals surface area contributed by atoms with Crippen LogP contribution in [0.3, 0.4) is 0 Å². The van der Waals surface area contributed by atoms with Crippen LogP contribution in [0, 0.1) is 5.92 Å². The summed E-state index contributed by atoms with van der Waals surface area (Å²) in [4.78, 5) is 11.0. The molecule has 0 radical (unpaired) electrons. The van der Waals surface area contributed by atoms with Gasteiger partial charge >= 0.3 is 5.97 Å². The van der Waals surface area contributed by atoms with Crippen LogP contribution in [-0.2, 0) is 19.0 Å². The zero-order chi connectivity index (χ0) is 9.68. The summed E-state index contributed by atoms with van der Waals surface area (Å²) < 4.78 is 14.6. The highest BCUT2D eigenvalue weighted by molar-refractivity contribution is 5.69. The largest absolute Gasteiger partial charge is 0.439 e. The standard InChI is InChI=1S/C8H14O5/c1-11-8-6(2-3-12-8)4-7(10)13-5-9/h6,8-9H,2-5H2,1H3. The van der Waals surface area contributed by atoms with Gasteiger partial charge in [0.2, 0.25) is 0 Å². The van der Waals surface area contributed by atoms with Gasteiger partial charge in [0.05, 0.1) is 13.0 Å². The van der Waals surface area contributed by atoms with Gasteiger partial charge in [-0.3, -0.25) is 4.79 Å². The number of methoxy groups -OCH3 is 1. The Balaban J connectivity index is 2.30. The van der Waals surface area contributed by atoms with E-state index in [1.54, 1.807) is 7.11 Å². The molecule has 0 aromatic heterocycles. The Bertz CT molecular complexity index is 170. The van der Waals surface area contributed by atoms with E-state index < -0.39 is 12.8 Å². The molecule has 0 aromatic rings. The van der Waals surface area contributed by atoms with Crippen molar-refractivity contribution >= 4 is 5.97 Å². The highest BCUT2D eigenvalue weighted by atomic mass is 16.7. The van der Waals surface area contributed by atoms with Crippen molar-refractivity contribution in [2.45, 2.75) is 19.1 Å². The fraction of sp³-hybridized carbons (Fsp3) is 0.875. The van der Waals surface area contributed by atoms with Crippen molar-refractivity contribution in [3.63, 3.8) is 0 Å². The average molecular weight is 190 g/mol. The Morgan fingerprint density at radius 2 is 2.46 bits per heavy atom. The molecule has 0 bridgehead atoms. The van der Waals surface area contributed by atoms with Crippen molar-refractivity contribution in [3.8, 4) is 0 Å². The van der Waals surface area contributed by atoms with E-state index >= 15 is 0 Å². The smallest absolute Gasteiger partial charge is 0.308 e. The molecule has 1 heterocycles. The van der Waals surface area contributed by atoms with Gasteiger partial charge in [0.25, 0.3) is 0 Å². The maximum atomic E-state index is 11.0. The molecular weight excluding hydrogens is 176 g/mol. The van der Waals surface area contributed by atoms with E-state index in [2.05, 4.69) is 4.74 Å². The van der Waals surface area contributed by atoms with Crippen LogP contribution >= 0.6 is 0 Å². The summed E-state index contributed by atoms with van der Waals surface area (Å²) in [6.45, 7) is 0.0413.